The molecule has 0 saturated carbocycles. The highest BCUT2D eigenvalue weighted by molar-refractivity contribution is 5.93. The van der Waals surface area contributed by atoms with E-state index < -0.39 is 17.4 Å². The predicted octanol–water partition coefficient (Wildman–Crippen LogP) is 3.51. The molecule has 1 aromatic heterocycles. The van der Waals surface area contributed by atoms with E-state index >= 15 is 0 Å². The summed E-state index contributed by atoms with van der Waals surface area (Å²) in [6.45, 7) is 3.26. The third kappa shape index (κ3) is 3.26. The van der Waals surface area contributed by atoms with Gasteiger partial charge in [-0.1, -0.05) is 35.5 Å². The molecule has 0 aliphatic rings. The van der Waals surface area contributed by atoms with Gasteiger partial charge in [0, 0.05) is 18.6 Å². The van der Waals surface area contributed by atoms with Crippen LogP contribution in [-0.4, -0.2) is 22.5 Å². The Morgan fingerprint density at radius 2 is 1.81 bits per heavy atom. The number of carbonyl (C=O) groups is 1. The molecule has 1 heterocycles. The van der Waals surface area contributed by atoms with Crippen LogP contribution < -0.4 is 5.32 Å². The molecule has 4 nitrogen and oxygen atoms in total. The zero-order valence-corrected chi connectivity index (χ0v) is 12.0. The minimum Gasteiger partial charge on any atom is -0.355 e. The zero-order chi connectivity index (χ0) is 15.7. The SMILES string of the molecule is CC(F)(F)C(C)(C)NC(=O)c1cc(-c2ccccc2)on1. The van der Waals surface area contributed by atoms with Crippen LogP contribution in [0, 0.1) is 0 Å². The lowest BCUT2D eigenvalue weighted by Crippen LogP contribution is -2.54. The van der Waals surface area contributed by atoms with E-state index in [-0.39, 0.29) is 5.69 Å². The number of carbonyl (C=O) groups excluding carboxylic acids is 1. The number of nitrogens with one attached hydrogen (secondary N) is 1. The van der Waals surface area contributed by atoms with Gasteiger partial charge in [-0.3, -0.25) is 4.79 Å². The smallest absolute Gasteiger partial charge is 0.274 e. The maximum Gasteiger partial charge on any atom is 0.274 e. The number of halogens is 2. The van der Waals surface area contributed by atoms with Crippen LogP contribution in [0.2, 0.25) is 0 Å². The van der Waals surface area contributed by atoms with Gasteiger partial charge < -0.3 is 9.84 Å². The van der Waals surface area contributed by atoms with Crippen molar-refractivity contribution in [2.45, 2.75) is 32.2 Å². The van der Waals surface area contributed by atoms with Crippen molar-refractivity contribution in [2.75, 3.05) is 0 Å². The second-order valence-corrected chi connectivity index (χ2v) is 5.41. The molecule has 112 valence electrons. The average molecular weight is 294 g/mol. The molecule has 0 saturated heterocycles. The number of rotatable bonds is 4. The van der Waals surface area contributed by atoms with Crippen LogP contribution in [0.5, 0.6) is 0 Å². The first-order valence-corrected chi connectivity index (χ1v) is 6.43. The Balaban J connectivity index is 2.17. The Morgan fingerprint density at radius 1 is 1.19 bits per heavy atom. The van der Waals surface area contributed by atoms with Crippen LogP contribution in [0.1, 0.15) is 31.3 Å². The summed E-state index contributed by atoms with van der Waals surface area (Å²) in [5.74, 6) is -3.36. The van der Waals surface area contributed by atoms with Gasteiger partial charge in [-0.25, -0.2) is 8.78 Å². The van der Waals surface area contributed by atoms with Crippen LogP contribution in [0.4, 0.5) is 8.78 Å². The summed E-state index contributed by atoms with van der Waals surface area (Å²) in [6, 6.07) is 10.5. The molecule has 0 fully saturated rings. The number of nitrogens with zero attached hydrogens (tertiary/aromatic N) is 1. The molecule has 1 N–H and O–H groups in total. The molecule has 1 aromatic carbocycles. The first-order chi connectivity index (χ1) is 9.71. The van der Waals surface area contributed by atoms with Gasteiger partial charge >= 0.3 is 0 Å². The maximum absolute atomic E-state index is 13.4. The average Bonchev–Trinajstić information content (AvgIpc) is 2.87. The van der Waals surface area contributed by atoms with E-state index in [2.05, 4.69) is 10.5 Å². The molecule has 0 atom stereocenters. The summed E-state index contributed by atoms with van der Waals surface area (Å²) in [7, 11) is 0. The summed E-state index contributed by atoms with van der Waals surface area (Å²) < 4.78 is 31.8. The lowest BCUT2D eigenvalue weighted by molar-refractivity contribution is -0.0548. The largest absolute Gasteiger partial charge is 0.355 e. The van der Waals surface area contributed by atoms with E-state index in [0.29, 0.717) is 5.76 Å². The Labute approximate surface area is 121 Å². The molecule has 0 radical (unpaired) electrons. The third-order valence-electron chi connectivity index (χ3n) is 3.32. The van der Waals surface area contributed by atoms with E-state index in [1.807, 2.05) is 18.2 Å². The second-order valence-electron chi connectivity index (χ2n) is 5.41. The quantitative estimate of drug-likeness (QED) is 0.939. The summed E-state index contributed by atoms with van der Waals surface area (Å²) in [5, 5.41) is 5.89. The molecule has 0 bridgehead atoms. The second kappa shape index (κ2) is 5.27. The first kappa shape index (κ1) is 15.2. The highest BCUT2D eigenvalue weighted by Crippen LogP contribution is 2.28. The van der Waals surface area contributed by atoms with Crippen molar-refractivity contribution in [3.05, 3.63) is 42.1 Å². The monoisotopic (exact) mass is 294 g/mol. The highest BCUT2D eigenvalue weighted by Gasteiger charge is 2.43. The molecule has 0 aliphatic carbocycles. The molecule has 6 heteroatoms. The van der Waals surface area contributed by atoms with Gasteiger partial charge in [-0.2, -0.15) is 0 Å². The van der Waals surface area contributed by atoms with E-state index in [9.17, 15) is 13.6 Å². The fourth-order valence-electron chi connectivity index (χ4n) is 1.58. The van der Waals surface area contributed by atoms with Gasteiger partial charge in [0.25, 0.3) is 11.8 Å². The van der Waals surface area contributed by atoms with Crippen LogP contribution in [0.3, 0.4) is 0 Å². The number of hydrogen-bond acceptors (Lipinski definition) is 3. The summed E-state index contributed by atoms with van der Waals surface area (Å²) in [5.41, 5.74) is -0.967. The van der Waals surface area contributed by atoms with Gasteiger partial charge in [0.2, 0.25) is 0 Å². The summed E-state index contributed by atoms with van der Waals surface area (Å²) in [4.78, 5) is 12.0. The Bertz CT molecular complexity index is 631. The van der Waals surface area contributed by atoms with E-state index in [1.54, 1.807) is 12.1 Å². The summed E-state index contributed by atoms with van der Waals surface area (Å²) in [6.07, 6.45) is 0. The van der Waals surface area contributed by atoms with Crippen molar-refractivity contribution >= 4 is 5.91 Å². The van der Waals surface area contributed by atoms with Gasteiger partial charge in [0.05, 0.1) is 5.54 Å². The number of aromatic nitrogens is 1. The van der Waals surface area contributed by atoms with Crippen LogP contribution >= 0.6 is 0 Å². The molecule has 21 heavy (non-hydrogen) atoms. The molecule has 0 aliphatic heterocycles. The van der Waals surface area contributed by atoms with E-state index in [0.717, 1.165) is 12.5 Å². The normalized spacial score (nSPS) is 12.2. The van der Waals surface area contributed by atoms with Crippen molar-refractivity contribution in [1.29, 1.82) is 0 Å². The third-order valence-corrected chi connectivity index (χ3v) is 3.32. The van der Waals surface area contributed by atoms with Crippen molar-refractivity contribution in [3.8, 4) is 11.3 Å². The Morgan fingerprint density at radius 3 is 2.38 bits per heavy atom. The fourth-order valence-corrected chi connectivity index (χ4v) is 1.58. The topological polar surface area (TPSA) is 55.1 Å². The van der Waals surface area contributed by atoms with Gasteiger partial charge in [-0.05, 0) is 13.8 Å². The van der Waals surface area contributed by atoms with Crippen molar-refractivity contribution in [3.63, 3.8) is 0 Å². The fraction of sp³-hybridized carbons (Fsp3) is 0.333. The van der Waals surface area contributed by atoms with Gasteiger partial charge in [0.1, 0.15) is 0 Å². The number of amides is 1. The van der Waals surface area contributed by atoms with Gasteiger partial charge in [-0.15, -0.1) is 0 Å². The predicted molar refractivity (Wildman–Crippen MR) is 74.1 cm³/mol. The molecule has 2 aromatic rings. The van der Waals surface area contributed by atoms with Crippen LogP contribution in [0.15, 0.2) is 40.9 Å². The standard InChI is InChI=1S/C15H16F2N2O2/c1-14(2,15(3,16)17)18-13(20)11-9-12(21-19-11)10-7-5-4-6-8-10/h4-9H,1-3H3,(H,18,20). The van der Waals surface area contributed by atoms with Crippen LogP contribution in [-0.2, 0) is 0 Å². The van der Waals surface area contributed by atoms with E-state index in [4.69, 9.17) is 4.52 Å². The molecular formula is C15H16F2N2O2. The van der Waals surface area contributed by atoms with Crippen molar-refractivity contribution < 1.29 is 18.1 Å². The minimum absolute atomic E-state index is 0.0359. The minimum atomic E-state index is -3.06. The lowest BCUT2D eigenvalue weighted by Gasteiger charge is -2.31. The van der Waals surface area contributed by atoms with Crippen molar-refractivity contribution in [1.82, 2.24) is 10.5 Å². The van der Waals surface area contributed by atoms with E-state index in [1.165, 1.54) is 19.9 Å². The van der Waals surface area contributed by atoms with Gasteiger partial charge in [0.15, 0.2) is 11.5 Å². The summed E-state index contributed by atoms with van der Waals surface area (Å²) >= 11 is 0. The Kier molecular flexibility index (Phi) is 3.80. The lowest BCUT2D eigenvalue weighted by atomic mass is 9.97. The van der Waals surface area contributed by atoms with Crippen LogP contribution in [0.25, 0.3) is 11.3 Å². The highest BCUT2D eigenvalue weighted by atomic mass is 19.3. The molecular weight excluding hydrogens is 278 g/mol. The number of alkyl halides is 2. The first-order valence-electron chi connectivity index (χ1n) is 6.43. The Hall–Kier alpha value is -2.24. The number of hydrogen-bond donors (Lipinski definition) is 1. The number of benzene rings is 1. The zero-order valence-electron chi connectivity index (χ0n) is 12.0. The maximum atomic E-state index is 13.4. The molecule has 2 rings (SSSR count). The van der Waals surface area contributed by atoms with Crippen molar-refractivity contribution in [2.24, 2.45) is 0 Å². The molecule has 0 unspecified atom stereocenters. The molecule has 0 spiro atoms. The molecule has 1 amide bonds.